The van der Waals surface area contributed by atoms with Crippen molar-refractivity contribution in [3.63, 3.8) is 0 Å². The SMILES string of the molecule is CCC(Sc1ccc(F)cc1)C(N)=O. The number of hydrogen-bond acceptors (Lipinski definition) is 2. The lowest BCUT2D eigenvalue weighted by Crippen LogP contribution is -2.24. The number of nitrogens with two attached hydrogens (primary N) is 1. The van der Waals surface area contributed by atoms with Gasteiger partial charge >= 0.3 is 0 Å². The van der Waals surface area contributed by atoms with Gasteiger partial charge in [-0.05, 0) is 30.7 Å². The van der Waals surface area contributed by atoms with Crippen molar-refractivity contribution in [1.29, 1.82) is 0 Å². The molecule has 2 N–H and O–H groups in total. The zero-order chi connectivity index (χ0) is 10.6. The van der Waals surface area contributed by atoms with Gasteiger partial charge in [-0.15, -0.1) is 11.8 Å². The van der Waals surface area contributed by atoms with E-state index in [1.807, 2.05) is 6.92 Å². The molecule has 0 heterocycles. The van der Waals surface area contributed by atoms with Crippen LogP contribution in [-0.2, 0) is 4.79 Å². The van der Waals surface area contributed by atoms with Crippen molar-refractivity contribution in [2.75, 3.05) is 0 Å². The van der Waals surface area contributed by atoms with Gasteiger partial charge in [0.1, 0.15) is 5.82 Å². The van der Waals surface area contributed by atoms with Crippen LogP contribution in [0.1, 0.15) is 13.3 Å². The minimum atomic E-state index is -0.332. The fourth-order valence-electron chi connectivity index (χ4n) is 1.02. The number of benzene rings is 1. The van der Waals surface area contributed by atoms with Gasteiger partial charge < -0.3 is 5.73 Å². The van der Waals surface area contributed by atoms with Crippen LogP contribution in [-0.4, -0.2) is 11.2 Å². The summed E-state index contributed by atoms with van der Waals surface area (Å²) in [5.41, 5.74) is 5.19. The topological polar surface area (TPSA) is 43.1 Å². The quantitative estimate of drug-likeness (QED) is 0.779. The maximum Gasteiger partial charge on any atom is 0.230 e. The summed E-state index contributed by atoms with van der Waals surface area (Å²) in [5, 5.41) is -0.236. The van der Waals surface area contributed by atoms with Gasteiger partial charge in [-0.2, -0.15) is 0 Å². The van der Waals surface area contributed by atoms with Crippen LogP contribution in [0.3, 0.4) is 0 Å². The highest BCUT2D eigenvalue weighted by atomic mass is 32.2. The van der Waals surface area contributed by atoms with E-state index < -0.39 is 0 Å². The largest absolute Gasteiger partial charge is 0.369 e. The van der Waals surface area contributed by atoms with Crippen molar-refractivity contribution in [2.45, 2.75) is 23.5 Å². The minimum absolute atomic E-state index is 0.236. The first-order chi connectivity index (χ1) is 6.63. The molecule has 1 amide bonds. The number of carbonyl (C=O) groups is 1. The van der Waals surface area contributed by atoms with E-state index in [0.29, 0.717) is 6.42 Å². The zero-order valence-electron chi connectivity index (χ0n) is 7.87. The van der Waals surface area contributed by atoms with Crippen molar-refractivity contribution in [2.24, 2.45) is 5.73 Å². The number of amides is 1. The fraction of sp³-hybridized carbons (Fsp3) is 0.300. The normalized spacial score (nSPS) is 12.4. The number of primary amides is 1. The smallest absolute Gasteiger partial charge is 0.230 e. The molecule has 0 aliphatic heterocycles. The van der Waals surface area contributed by atoms with E-state index in [-0.39, 0.29) is 17.0 Å². The average molecular weight is 213 g/mol. The molecular weight excluding hydrogens is 201 g/mol. The van der Waals surface area contributed by atoms with Gasteiger partial charge in [0.25, 0.3) is 0 Å². The van der Waals surface area contributed by atoms with Crippen LogP contribution < -0.4 is 5.73 Å². The van der Waals surface area contributed by atoms with E-state index in [1.165, 1.54) is 23.9 Å². The lowest BCUT2D eigenvalue weighted by atomic mass is 10.3. The number of carbonyl (C=O) groups excluding carboxylic acids is 1. The summed E-state index contributed by atoms with van der Waals surface area (Å²) in [6, 6.07) is 6.03. The first kappa shape index (κ1) is 11.0. The molecule has 0 aromatic heterocycles. The second-order valence-electron chi connectivity index (χ2n) is 2.87. The molecule has 76 valence electrons. The Morgan fingerprint density at radius 2 is 2.07 bits per heavy atom. The maximum atomic E-state index is 12.6. The Hall–Kier alpha value is -1.03. The first-order valence-electron chi connectivity index (χ1n) is 4.35. The van der Waals surface area contributed by atoms with Gasteiger partial charge in [0, 0.05) is 4.90 Å². The van der Waals surface area contributed by atoms with Gasteiger partial charge in [0.2, 0.25) is 5.91 Å². The molecule has 4 heteroatoms. The molecule has 1 atom stereocenters. The van der Waals surface area contributed by atoms with E-state index in [2.05, 4.69) is 0 Å². The Kier molecular flexibility index (Phi) is 3.95. The lowest BCUT2D eigenvalue weighted by molar-refractivity contribution is -0.117. The molecule has 14 heavy (non-hydrogen) atoms. The molecule has 2 nitrogen and oxygen atoms in total. The summed E-state index contributed by atoms with van der Waals surface area (Å²) < 4.78 is 12.6. The number of hydrogen-bond donors (Lipinski definition) is 1. The Morgan fingerprint density at radius 1 is 1.50 bits per heavy atom. The molecule has 0 saturated carbocycles. The fourth-order valence-corrected chi connectivity index (χ4v) is 1.92. The van der Waals surface area contributed by atoms with E-state index >= 15 is 0 Å². The Bertz CT molecular complexity index is 312. The second-order valence-corrected chi connectivity index (χ2v) is 4.15. The summed E-state index contributed by atoms with van der Waals surface area (Å²) in [6.45, 7) is 1.89. The molecule has 0 saturated heterocycles. The average Bonchev–Trinajstić information content (AvgIpc) is 2.16. The van der Waals surface area contributed by atoms with Crippen LogP contribution in [0.2, 0.25) is 0 Å². The standard InChI is InChI=1S/C10H12FNOS/c1-2-9(10(12)13)14-8-5-3-7(11)4-6-8/h3-6,9H,2H2,1H3,(H2,12,13). The molecule has 0 fully saturated rings. The van der Waals surface area contributed by atoms with E-state index in [0.717, 1.165) is 4.90 Å². The zero-order valence-corrected chi connectivity index (χ0v) is 8.68. The highest BCUT2D eigenvalue weighted by molar-refractivity contribution is 8.00. The number of thioether (sulfide) groups is 1. The van der Waals surface area contributed by atoms with Crippen LogP contribution in [0.5, 0.6) is 0 Å². The lowest BCUT2D eigenvalue weighted by Gasteiger charge is -2.09. The summed E-state index contributed by atoms with van der Waals surface area (Å²) in [7, 11) is 0. The van der Waals surface area contributed by atoms with Crippen LogP contribution in [0.15, 0.2) is 29.2 Å². The van der Waals surface area contributed by atoms with Gasteiger partial charge in [-0.3, -0.25) is 4.79 Å². The molecule has 0 aliphatic rings. The van der Waals surface area contributed by atoms with Crippen molar-refractivity contribution < 1.29 is 9.18 Å². The highest BCUT2D eigenvalue weighted by Gasteiger charge is 2.13. The Labute approximate surface area is 86.7 Å². The van der Waals surface area contributed by atoms with Crippen molar-refractivity contribution >= 4 is 17.7 Å². The second kappa shape index (κ2) is 5.00. The van der Waals surface area contributed by atoms with E-state index in [1.54, 1.807) is 12.1 Å². The maximum absolute atomic E-state index is 12.6. The number of rotatable bonds is 4. The predicted molar refractivity (Wildman–Crippen MR) is 55.5 cm³/mol. The molecule has 1 unspecified atom stereocenters. The van der Waals surface area contributed by atoms with Gasteiger partial charge in [0.15, 0.2) is 0 Å². The van der Waals surface area contributed by atoms with Crippen LogP contribution in [0.4, 0.5) is 4.39 Å². The van der Waals surface area contributed by atoms with Gasteiger partial charge in [0.05, 0.1) is 5.25 Å². The molecule has 0 aliphatic carbocycles. The summed E-state index contributed by atoms with van der Waals surface area (Å²) in [5.74, 6) is -0.608. The van der Waals surface area contributed by atoms with Crippen molar-refractivity contribution in [1.82, 2.24) is 0 Å². The molecule has 1 aromatic rings. The van der Waals surface area contributed by atoms with Crippen molar-refractivity contribution in [3.8, 4) is 0 Å². The molecule has 1 rings (SSSR count). The highest BCUT2D eigenvalue weighted by Crippen LogP contribution is 2.25. The van der Waals surface area contributed by atoms with Gasteiger partial charge in [-0.25, -0.2) is 4.39 Å². The van der Waals surface area contributed by atoms with Crippen molar-refractivity contribution in [3.05, 3.63) is 30.1 Å². The Morgan fingerprint density at radius 3 is 2.50 bits per heavy atom. The predicted octanol–water partition coefficient (Wildman–Crippen LogP) is 2.18. The third-order valence-corrected chi connectivity index (χ3v) is 3.17. The summed E-state index contributed by atoms with van der Waals surface area (Å²) >= 11 is 1.36. The first-order valence-corrected chi connectivity index (χ1v) is 5.23. The molecule has 0 radical (unpaired) electrons. The minimum Gasteiger partial charge on any atom is -0.369 e. The molecule has 1 aromatic carbocycles. The third-order valence-electron chi connectivity index (χ3n) is 1.78. The third kappa shape index (κ3) is 3.03. The molecule has 0 bridgehead atoms. The van der Waals surface area contributed by atoms with Crippen LogP contribution >= 0.6 is 11.8 Å². The monoisotopic (exact) mass is 213 g/mol. The molecule has 0 spiro atoms. The van der Waals surface area contributed by atoms with Gasteiger partial charge in [-0.1, -0.05) is 6.92 Å². The van der Waals surface area contributed by atoms with Crippen LogP contribution in [0, 0.1) is 5.82 Å². The summed E-state index contributed by atoms with van der Waals surface area (Å²) in [4.78, 5) is 11.8. The van der Waals surface area contributed by atoms with E-state index in [4.69, 9.17) is 5.73 Å². The molecular formula is C10H12FNOS. The Balaban J connectivity index is 2.67. The number of halogens is 1. The van der Waals surface area contributed by atoms with Crippen LogP contribution in [0.25, 0.3) is 0 Å². The van der Waals surface area contributed by atoms with E-state index in [9.17, 15) is 9.18 Å². The summed E-state index contributed by atoms with van der Waals surface area (Å²) in [6.07, 6.45) is 0.678.